The number of unbranched alkanes of at least 4 members (excludes halogenated alkanes) is 3. The molecule has 1 amide bonds. The van der Waals surface area contributed by atoms with Crippen LogP contribution in [0.1, 0.15) is 49.9 Å². The highest BCUT2D eigenvalue weighted by atomic mass is 16.6. The maximum atomic E-state index is 11.7. The van der Waals surface area contributed by atoms with Crippen molar-refractivity contribution >= 4 is 17.8 Å². The van der Waals surface area contributed by atoms with Crippen molar-refractivity contribution in [2.24, 2.45) is 5.10 Å². The highest BCUT2D eigenvalue weighted by Crippen LogP contribution is 2.11. The Morgan fingerprint density at radius 3 is 2.45 bits per heavy atom. The van der Waals surface area contributed by atoms with Gasteiger partial charge in [0.25, 0.3) is 11.6 Å². The highest BCUT2D eigenvalue weighted by molar-refractivity contribution is 5.94. The number of nitrogens with zero attached hydrogens (tertiary/aromatic N) is 2. The molecule has 6 nitrogen and oxygen atoms in total. The molecule has 1 aromatic rings. The molecule has 0 spiro atoms. The van der Waals surface area contributed by atoms with Crippen LogP contribution in [0.5, 0.6) is 0 Å². The first kappa shape index (κ1) is 17.6. The van der Waals surface area contributed by atoms with E-state index in [4.69, 9.17) is 0 Å². The van der Waals surface area contributed by atoms with Gasteiger partial charge >= 0.3 is 0 Å². The summed E-state index contributed by atoms with van der Waals surface area (Å²) in [5.74, 6) is -0.379. The Hall–Kier alpha value is -2.50. The van der Waals surface area contributed by atoms with Gasteiger partial charge in [-0.2, -0.15) is 5.10 Å². The van der Waals surface area contributed by atoms with Gasteiger partial charge in [-0.25, -0.2) is 5.43 Å². The first-order valence-electron chi connectivity index (χ1n) is 7.20. The smallest absolute Gasteiger partial charge is 0.267 e. The van der Waals surface area contributed by atoms with Crippen LogP contribution in [0.2, 0.25) is 0 Å². The predicted octanol–water partition coefficient (Wildman–Crippen LogP) is 3.84. The zero-order chi connectivity index (χ0) is 16.4. The fourth-order valence-corrected chi connectivity index (χ4v) is 1.74. The van der Waals surface area contributed by atoms with Crippen molar-refractivity contribution in [2.75, 3.05) is 0 Å². The van der Waals surface area contributed by atoms with Gasteiger partial charge in [-0.3, -0.25) is 14.9 Å². The number of nitro groups is 1. The van der Waals surface area contributed by atoms with Crippen LogP contribution in [0, 0.1) is 10.1 Å². The summed E-state index contributed by atoms with van der Waals surface area (Å²) in [4.78, 5) is 21.7. The molecule has 0 unspecified atom stereocenters. The molecule has 1 N–H and O–H groups in total. The standard InChI is InChI=1S/C16H21N3O3/c1-13(2)7-5-3-4-6-12-17-18-16(20)14-8-10-15(11-9-14)19(21)22/h7-12H,3-6H2,1-2H3,(H,18,20)/b17-12+. The molecular weight excluding hydrogens is 282 g/mol. The number of carbonyl (C=O) groups excluding carboxylic acids is 1. The molecule has 0 aliphatic rings. The fraction of sp³-hybridized carbons (Fsp3) is 0.375. The summed E-state index contributed by atoms with van der Waals surface area (Å²) in [6, 6.07) is 5.40. The summed E-state index contributed by atoms with van der Waals surface area (Å²) in [7, 11) is 0. The first-order valence-corrected chi connectivity index (χ1v) is 7.20. The first-order chi connectivity index (χ1) is 10.5. The number of rotatable bonds is 8. The maximum Gasteiger partial charge on any atom is 0.271 e. The van der Waals surface area contributed by atoms with Gasteiger partial charge in [-0.15, -0.1) is 0 Å². The van der Waals surface area contributed by atoms with Gasteiger partial charge in [0.15, 0.2) is 0 Å². The number of benzene rings is 1. The van der Waals surface area contributed by atoms with Crippen LogP contribution in [0.25, 0.3) is 0 Å². The van der Waals surface area contributed by atoms with E-state index in [2.05, 4.69) is 30.5 Å². The van der Waals surface area contributed by atoms with Crippen LogP contribution >= 0.6 is 0 Å². The van der Waals surface area contributed by atoms with Gasteiger partial charge in [0.2, 0.25) is 0 Å². The molecule has 0 saturated carbocycles. The second-order valence-electron chi connectivity index (χ2n) is 5.12. The van der Waals surface area contributed by atoms with Crippen molar-refractivity contribution < 1.29 is 9.72 Å². The minimum atomic E-state index is -0.505. The number of hydrogen-bond acceptors (Lipinski definition) is 4. The summed E-state index contributed by atoms with van der Waals surface area (Å²) < 4.78 is 0. The molecule has 0 heterocycles. The third-order valence-electron chi connectivity index (χ3n) is 2.94. The Kier molecular flexibility index (Phi) is 7.53. The Morgan fingerprint density at radius 1 is 1.23 bits per heavy atom. The van der Waals surface area contributed by atoms with Gasteiger partial charge < -0.3 is 0 Å². The quantitative estimate of drug-likeness (QED) is 0.260. The van der Waals surface area contributed by atoms with Crippen molar-refractivity contribution in [3.8, 4) is 0 Å². The highest BCUT2D eigenvalue weighted by Gasteiger charge is 2.08. The number of allylic oxidation sites excluding steroid dienone is 2. The zero-order valence-corrected chi connectivity index (χ0v) is 12.9. The topological polar surface area (TPSA) is 84.6 Å². The Labute approximate surface area is 130 Å². The zero-order valence-electron chi connectivity index (χ0n) is 12.9. The van der Waals surface area contributed by atoms with E-state index in [0.29, 0.717) is 5.56 Å². The van der Waals surface area contributed by atoms with E-state index in [-0.39, 0.29) is 11.6 Å². The summed E-state index contributed by atoms with van der Waals surface area (Å²) >= 11 is 0. The van der Waals surface area contributed by atoms with Crippen molar-refractivity contribution in [3.05, 3.63) is 51.6 Å². The van der Waals surface area contributed by atoms with Crippen molar-refractivity contribution in [1.29, 1.82) is 0 Å². The van der Waals surface area contributed by atoms with Crippen molar-refractivity contribution in [3.63, 3.8) is 0 Å². The van der Waals surface area contributed by atoms with E-state index < -0.39 is 4.92 Å². The average Bonchev–Trinajstić information content (AvgIpc) is 2.49. The number of hydrogen-bond donors (Lipinski definition) is 1. The van der Waals surface area contributed by atoms with Gasteiger partial charge in [-0.1, -0.05) is 11.6 Å². The van der Waals surface area contributed by atoms with Crippen LogP contribution in [-0.4, -0.2) is 17.0 Å². The molecule has 0 fully saturated rings. The van der Waals surface area contributed by atoms with E-state index in [9.17, 15) is 14.9 Å². The van der Waals surface area contributed by atoms with E-state index >= 15 is 0 Å². The minimum Gasteiger partial charge on any atom is -0.267 e. The van der Waals surface area contributed by atoms with Crippen LogP contribution in [0.15, 0.2) is 41.0 Å². The third kappa shape index (κ3) is 6.78. The molecule has 0 aliphatic carbocycles. The second kappa shape index (κ2) is 9.44. The summed E-state index contributed by atoms with van der Waals surface area (Å²) in [6.07, 6.45) is 7.84. The van der Waals surface area contributed by atoms with E-state index in [1.165, 1.54) is 29.8 Å². The van der Waals surface area contributed by atoms with E-state index in [0.717, 1.165) is 25.7 Å². The molecule has 0 bridgehead atoms. The lowest BCUT2D eigenvalue weighted by atomic mass is 10.1. The SMILES string of the molecule is CC(C)=CCCCC/C=N/NC(=O)c1ccc([N+](=O)[O-])cc1. The number of amides is 1. The Bertz CT molecular complexity index is 559. The number of hydrazone groups is 1. The lowest BCUT2D eigenvalue weighted by Gasteiger charge is -1.99. The van der Waals surface area contributed by atoms with Crippen molar-refractivity contribution in [2.45, 2.75) is 39.5 Å². The second-order valence-corrected chi connectivity index (χ2v) is 5.12. The minimum absolute atomic E-state index is 0.0450. The third-order valence-corrected chi connectivity index (χ3v) is 2.94. The lowest BCUT2D eigenvalue weighted by Crippen LogP contribution is -2.17. The van der Waals surface area contributed by atoms with Crippen molar-refractivity contribution in [1.82, 2.24) is 5.43 Å². The van der Waals surface area contributed by atoms with E-state index in [1.807, 2.05) is 0 Å². The molecule has 1 rings (SSSR count). The summed E-state index contributed by atoms with van der Waals surface area (Å²) in [6.45, 7) is 4.16. The predicted molar refractivity (Wildman–Crippen MR) is 87.0 cm³/mol. The average molecular weight is 303 g/mol. The Balaban J connectivity index is 2.29. The summed E-state index contributed by atoms with van der Waals surface area (Å²) in [5, 5.41) is 14.4. The molecule has 0 aliphatic heterocycles. The molecule has 22 heavy (non-hydrogen) atoms. The Morgan fingerprint density at radius 2 is 1.86 bits per heavy atom. The molecule has 0 radical (unpaired) electrons. The number of nitrogens with one attached hydrogen (secondary N) is 1. The molecule has 118 valence electrons. The number of carbonyl (C=O) groups is 1. The normalized spacial score (nSPS) is 10.5. The molecule has 0 saturated heterocycles. The van der Waals surface area contributed by atoms with Crippen LogP contribution in [-0.2, 0) is 0 Å². The molecular formula is C16H21N3O3. The monoisotopic (exact) mass is 303 g/mol. The lowest BCUT2D eigenvalue weighted by molar-refractivity contribution is -0.384. The summed E-state index contributed by atoms with van der Waals surface area (Å²) in [5.41, 5.74) is 4.02. The molecule has 6 heteroatoms. The maximum absolute atomic E-state index is 11.7. The van der Waals surface area contributed by atoms with Gasteiger partial charge in [0.05, 0.1) is 4.92 Å². The van der Waals surface area contributed by atoms with E-state index in [1.54, 1.807) is 6.21 Å². The molecule has 0 aromatic heterocycles. The fourth-order valence-electron chi connectivity index (χ4n) is 1.74. The number of nitro benzene ring substituents is 1. The van der Waals surface area contributed by atoms with Crippen LogP contribution < -0.4 is 5.43 Å². The van der Waals surface area contributed by atoms with Crippen LogP contribution in [0.4, 0.5) is 5.69 Å². The van der Waals surface area contributed by atoms with Gasteiger partial charge in [-0.05, 0) is 51.7 Å². The largest absolute Gasteiger partial charge is 0.271 e. The van der Waals surface area contributed by atoms with Crippen LogP contribution in [0.3, 0.4) is 0 Å². The van der Waals surface area contributed by atoms with Gasteiger partial charge in [0, 0.05) is 23.9 Å². The number of non-ortho nitro benzene ring substituents is 1. The van der Waals surface area contributed by atoms with Gasteiger partial charge in [0.1, 0.15) is 0 Å². The molecule has 0 atom stereocenters. The molecule has 1 aromatic carbocycles.